The molecule has 0 aliphatic carbocycles. The average Bonchev–Trinajstić information content (AvgIpc) is 2.33. The fourth-order valence-corrected chi connectivity index (χ4v) is 2.18. The van der Waals surface area contributed by atoms with Gasteiger partial charge in [-0.25, -0.2) is 0 Å². The van der Waals surface area contributed by atoms with Crippen molar-refractivity contribution in [3.05, 3.63) is 0 Å². The van der Waals surface area contributed by atoms with Gasteiger partial charge >= 0.3 is 0 Å². The van der Waals surface area contributed by atoms with Crippen LogP contribution in [0.25, 0.3) is 0 Å². The Morgan fingerprint density at radius 1 is 1.28 bits per heavy atom. The molecular weight excluding hydrogens is 228 g/mol. The molecule has 0 aromatic rings. The zero-order chi connectivity index (χ0) is 13.1. The highest BCUT2D eigenvalue weighted by molar-refractivity contribution is 5.81. The van der Waals surface area contributed by atoms with Crippen molar-refractivity contribution in [2.24, 2.45) is 0 Å². The normalized spacial score (nSPS) is 21.1. The van der Waals surface area contributed by atoms with Gasteiger partial charge in [0.1, 0.15) is 0 Å². The lowest BCUT2D eigenvalue weighted by Gasteiger charge is -2.20. The quantitative estimate of drug-likeness (QED) is 0.683. The van der Waals surface area contributed by atoms with Crippen molar-refractivity contribution in [2.75, 3.05) is 26.3 Å². The summed E-state index contributed by atoms with van der Waals surface area (Å²) in [6, 6.07) is 0.0156. The van der Waals surface area contributed by atoms with Crippen LogP contribution in [0.3, 0.4) is 0 Å². The first-order valence-corrected chi connectivity index (χ1v) is 7.43. The van der Waals surface area contributed by atoms with Gasteiger partial charge in [-0.3, -0.25) is 4.79 Å². The van der Waals surface area contributed by atoms with Crippen LogP contribution in [0.1, 0.15) is 51.9 Å². The second-order valence-corrected chi connectivity index (χ2v) is 4.97. The molecule has 0 radical (unpaired) electrons. The van der Waals surface area contributed by atoms with Gasteiger partial charge in [0.05, 0.1) is 6.04 Å². The minimum atomic E-state index is 0.0156. The van der Waals surface area contributed by atoms with E-state index in [1.54, 1.807) is 0 Å². The van der Waals surface area contributed by atoms with E-state index in [2.05, 4.69) is 17.6 Å². The van der Waals surface area contributed by atoms with Crippen molar-refractivity contribution >= 4 is 5.91 Å². The minimum Gasteiger partial charge on any atom is -0.381 e. The van der Waals surface area contributed by atoms with Gasteiger partial charge in [0.25, 0.3) is 0 Å². The smallest absolute Gasteiger partial charge is 0.237 e. The van der Waals surface area contributed by atoms with Crippen LogP contribution in [0.15, 0.2) is 0 Å². The summed E-state index contributed by atoms with van der Waals surface area (Å²) in [5, 5.41) is 6.34. The van der Waals surface area contributed by atoms with Crippen molar-refractivity contribution in [3.63, 3.8) is 0 Å². The van der Waals surface area contributed by atoms with Gasteiger partial charge in [0.2, 0.25) is 5.91 Å². The largest absolute Gasteiger partial charge is 0.381 e. The van der Waals surface area contributed by atoms with Gasteiger partial charge in [0.15, 0.2) is 0 Å². The molecule has 1 rings (SSSR count). The monoisotopic (exact) mass is 256 g/mol. The molecule has 1 saturated heterocycles. The Hall–Kier alpha value is -0.610. The Labute approximate surface area is 111 Å². The highest BCUT2D eigenvalue weighted by atomic mass is 16.5. The van der Waals surface area contributed by atoms with Gasteiger partial charge in [-0.2, -0.15) is 0 Å². The third kappa shape index (κ3) is 6.97. The second kappa shape index (κ2) is 10.3. The average molecular weight is 256 g/mol. The molecule has 1 aliphatic rings. The predicted octanol–water partition coefficient (Wildman–Crippen LogP) is 1.84. The Morgan fingerprint density at radius 2 is 2.11 bits per heavy atom. The van der Waals surface area contributed by atoms with Gasteiger partial charge < -0.3 is 15.4 Å². The van der Waals surface area contributed by atoms with Crippen LogP contribution in [0.2, 0.25) is 0 Å². The molecule has 2 N–H and O–H groups in total. The molecule has 0 aromatic carbocycles. The van der Waals surface area contributed by atoms with E-state index in [0.717, 1.165) is 52.0 Å². The first-order chi connectivity index (χ1) is 8.84. The third-order valence-corrected chi connectivity index (χ3v) is 3.24. The first-order valence-electron chi connectivity index (χ1n) is 7.43. The molecule has 0 saturated carbocycles. The molecule has 0 spiro atoms. The molecule has 1 amide bonds. The molecule has 1 atom stereocenters. The lowest BCUT2D eigenvalue weighted by Crippen LogP contribution is -2.45. The van der Waals surface area contributed by atoms with Crippen molar-refractivity contribution in [3.8, 4) is 0 Å². The fraction of sp³-hybridized carbons (Fsp3) is 0.929. The van der Waals surface area contributed by atoms with Crippen molar-refractivity contribution in [2.45, 2.75) is 57.9 Å². The second-order valence-electron chi connectivity index (χ2n) is 4.97. The van der Waals surface area contributed by atoms with Crippen LogP contribution in [0, 0.1) is 0 Å². The summed E-state index contributed by atoms with van der Waals surface area (Å²) in [4.78, 5) is 11.9. The highest BCUT2D eigenvalue weighted by Crippen LogP contribution is 2.09. The molecule has 1 heterocycles. The summed E-state index contributed by atoms with van der Waals surface area (Å²) in [5.41, 5.74) is 0. The number of ether oxygens (including phenoxy) is 1. The van der Waals surface area contributed by atoms with E-state index in [9.17, 15) is 4.79 Å². The van der Waals surface area contributed by atoms with Crippen molar-refractivity contribution in [1.82, 2.24) is 10.6 Å². The molecule has 1 unspecified atom stereocenters. The maximum Gasteiger partial charge on any atom is 0.237 e. The van der Waals surface area contributed by atoms with E-state index in [1.165, 1.54) is 19.3 Å². The van der Waals surface area contributed by atoms with Crippen LogP contribution in [0.4, 0.5) is 0 Å². The third-order valence-electron chi connectivity index (χ3n) is 3.24. The summed E-state index contributed by atoms with van der Waals surface area (Å²) >= 11 is 0. The Balaban J connectivity index is 2.06. The zero-order valence-corrected chi connectivity index (χ0v) is 11.7. The molecule has 1 fully saturated rings. The van der Waals surface area contributed by atoms with Crippen LogP contribution < -0.4 is 10.6 Å². The topological polar surface area (TPSA) is 50.4 Å². The summed E-state index contributed by atoms with van der Waals surface area (Å²) in [6.07, 6.45) is 7.82. The zero-order valence-electron chi connectivity index (χ0n) is 11.7. The van der Waals surface area contributed by atoms with Crippen LogP contribution in [-0.2, 0) is 9.53 Å². The maximum absolute atomic E-state index is 11.9. The summed E-state index contributed by atoms with van der Waals surface area (Å²) < 4.78 is 5.38. The highest BCUT2D eigenvalue weighted by Gasteiger charge is 2.17. The van der Waals surface area contributed by atoms with E-state index in [-0.39, 0.29) is 11.9 Å². The van der Waals surface area contributed by atoms with Crippen LogP contribution in [-0.4, -0.2) is 38.3 Å². The van der Waals surface area contributed by atoms with Gasteiger partial charge in [0, 0.05) is 19.8 Å². The molecule has 4 heteroatoms. The number of hydrogen-bond acceptors (Lipinski definition) is 3. The standard InChI is InChI=1S/C14H28N2O2/c1-2-11-18-12-7-10-16-14(17)13-8-5-3-4-6-9-15-13/h13,15H,2-12H2,1H3,(H,16,17). The van der Waals surface area contributed by atoms with Crippen molar-refractivity contribution < 1.29 is 9.53 Å². The number of hydrogen-bond donors (Lipinski definition) is 2. The minimum absolute atomic E-state index is 0.0156. The van der Waals surface area contributed by atoms with E-state index in [0.29, 0.717) is 0 Å². The number of rotatable bonds is 7. The fourth-order valence-electron chi connectivity index (χ4n) is 2.18. The molecule has 1 aliphatic heterocycles. The van der Waals surface area contributed by atoms with Gasteiger partial charge in [-0.1, -0.05) is 26.2 Å². The molecule has 18 heavy (non-hydrogen) atoms. The first kappa shape index (κ1) is 15.4. The Morgan fingerprint density at radius 3 is 2.94 bits per heavy atom. The summed E-state index contributed by atoms with van der Waals surface area (Å²) in [5.74, 6) is 0.160. The number of carbonyl (C=O) groups excluding carboxylic acids is 1. The Bertz CT molecular complexity index is 214. The SMILES string of the molecule is CCCOCCCNC(=O)C1CCCCCCN1. The number of nitrogens with one attached hydrogen (secondary N) is 2. The molecule has 4 nitrogen and oxygen atoms in total. The molecule has 106 valence electrons. The summed E-state index contributed by atoms with van der Waals surface area (Å²) in [6.45, 7) is 5.35. The number of carbonyl (C=O) groups is 1. The molecule has 0 aromatic heterocycles. The number of amides is 1. The van der Waals surface area contributed by atoms with E-state index >= 15 is 0 Å². The predicted molar refractivity (Wildman–Crippen MR) is 73.6 cm³/mol. The Kier molecular flexibility index (Phi) is 8.86. The van der Waals surface area contributed by atoms with Crippen LogP contribution in [0.5, 0.6) is 0 Å². The summed E-state index contributed by atoms with van der Waals surface area (Å²) in [7, 11) is 0. The van der Waals surface area contributed by atoms with E-state index < -0.39 is 0 Å². The molecule has 0 bridgehead atoms. The van der Waals surface area contributed by atoms with Gasteiger partial charge in [-0.05, 0) is 32.2 Å². The van der Waals surface area contributed by atoms with Crippen LogP contribution >= 0.6 is 0 Å². The van der Waals surface area contributed by atoms with Crippen molar-refractivity contribution in [1.29, 1.82) is 0 Å². The lowest BCUT2D eigenvalue weighted by atomic mass is 10.0. The van der Waals surface area contributed by atoms with Gasteiger partial charge in [-0.15, -0.1) is 0 Å². The lowest BCUT2D eigenvalue weighted by molar-refractivity contribution is -0.123. The van der Waals surface area contributed by atoms with E-state index in [4.69, 9.17) is 4.74 Å². The maximum atomic E-state index is 11.9. The van der Waals surface area contributed by atoms with E-state index in [1.807, 2.05) is 0 Å². The molecular formula is C14H28N2O2.